The van der Waals surface area contributed by atoms with Gasteiger partial charge < -0.3 is 8.98 Å². The van der Waals surface area contributed by atoms with Gasteiger partial charge in [0.05, 0.1) is 16.7 Å². The van der Waals surface area contributed by atoms with E-state index in [0.29, 0.717) is 0 Å². The monoisotopic (exact) mass is 347 g/mol. The molecule has 0 radical (unpaired) electrons. The largest absolute Gasteiger partial charge is 0.454 e. The number of rotatable bonds is 1. The molecule has 0 aliphatic heterocycles. The number of aryl methyl sites for hydroxylation is 1. The molecular weight excluding hydrogens is 330 g/mol. The van der Waals surface area contributed by atoms with Crippen molar-refractivity contribution < 1.29 is 4.42 Å². The number of benzene rings is 4. The Balaban J connectivity index is 1.83. The smallest absolute Gasteiger partial charge is 0.159 e. The van der Waals surface area contributed by atoms with Crippen molar-refractivity contribution in [2.75, 3.05) is 0 Å². The number of furan rings is 1. The Hall–Kier alpha value is -3.52. The fourth-order valence-corrected chi connectivity index (χ4v) is 4.25. The van der Waals surface area contributed by atoms with Crippen LogP contribution in [0.2, 0.25) is 0 Å². The highest BCUT2D eigenvalue weighted by Crippen LogP contribution is 2.37. The van der Waals surface area contributed by atoms with Gasteiger partial charge in [-0.1, -0.05) is 60.2 Å². The highest BCUT2D eigenvalue weighted by Gasteiger charge is 2.16. The van der Waals surface area contributed by atoms with E-state index in [1.54, 1.807) is 0 Å². The van der Waals surface area contributed by atoms with E-state index in [1.165, 1.54) is 27.4 Å². The van der Waals surface area contributed by atoms with Crippen molar-refractivity contribution in [3.63, 3.8) is 0 Å². The molecule has 0 amide bonds. The van der Waals surface area contributed by atoms with E-state index in [1.807, 2.05) is 12.1 Å². The van der Waals surface area contributed by atoms with Gasteiger partial charge in [0.15, 0.2) is 5.58 Å². The first-order valence-electron chi connectivity index (χ1n) is 9.22. The lowest BCUT2D eigenvalue weighted by Crippen LogP contribution is -1.94. The van der Waals surface area contributed by atoms with Crippen LogP contribution in [0.1, 0.15) is 5.56 Å². The van der Waals surface area contributed by atoms with Crippen molar-refractivity contribution in [3.8, 4) is 5.69 Å². The Kier molecular flexibility index (Phi) is 2.84. The highest BCUT2D eigenvalue weighted by molar-refractivity contribution is 6.12. The molecule has 0 saturated carbocycles. The third kappa shape index (κ3) is 1.95. The van der Waals surface area contributed by atoms with Gasteiger partial charge in [-0.25, -0.2) is 0 Å². The summed E-state index contributed by atoms with van der Waals surface area (Å²) in [6.07, 6.45) is 0. The fourth-order valence-electron chi connectivity index (χ4n) is 4.25. The second-order valence-electron chi connectivity index (χ2n) is 7.13. The molecule has 0 fully saturated rings. The summed E-state index contributed by atoms with van der Waals surface area (Å²) in [5.41, 5.74) is 6.62. The molecule has 2 nitrogen and oxygen atoms in total. The summed E-state index contributed by atoms with van der Waals surface area (Å²) in [5, 5.41) is 4.86. The SMILES string of the molecule is Cc1ccc2c(c1)c1ccccc1n2-c1cccc2c1oc1ccccc12. The summed E-state index contributed by atoms with van der Waals surface area (Å²) >= 11 is 0. The molecular formula is C25H17NO. The molecule has 0 unspecified atom stereocenters. The molecule has 128 valence electrons. The predicted octanol–water partition coefficient (Wildman–Crippen LogP) is 6.99. The summed E-state index contributed by atoms with van der Waals surface area (Å²) in [6, 6.07) is 29.9. The highest BCUT2D eigenvalue weighted by atomic mass is 16.3. The minimum atomic E-state index is 0.927. The lowest BCUT2D eigenvalue weighted by Gasteiger charge is -2.08. The van der Waals surface area contributed by atoms with Crippen LogP contribution in [0, 0.1) is 6.92 Å². The Labute approximate surface area is 156 Å². The van der Waals surface area contributed by atoms with Crippen LogP contribution >= 0.6 is 0 Å². The van der Waals surface area contributed by atoms with Gasteiger partial charge in [0.2, 0.25) is 0 Å². The quantitative estimate of drug-likeness (QED) is 0.313. The molecule has 4 aromatic carbocycles. The van der Waals surface area contributed by atoms with Gasteiger partial charge in [0, 0.05) is 21.5 Å². The van der Waals surface area contributed by atoms with Crippen molar-refractivity contribution in [2.45, 2.75) is 6.92 Å². The Morgan fingerprint density at radius 3 is 2.30 bits per heavy atom. The zero-order chi connectivity index (χ0) is 18.0. The second-order valence-corrected chi connectivity index (χ2v) is 7.13. The normalized spacial score (nSPS) is 11.9. The lowest BCUT2D eigenvalue weighted by molar-refractivity contribution is 0.666. The average Bonchev–Trinajstić information content (AvgIpc) is 3.24. The predicted molar refractivity (Wildman–Crippen MR) is 113 cm³/mol. The van der Waals surface area contributed by atoms with E-state index in [-0.39, 0.29) is 0 Å². The number of hydrogen-bond acceptors (Lipinski definition) is 1. The van der Waals surface area contributed by atoms with Crippen molar-refractivity contribution in [2.24, 2.45) is 0 Å². The van der Waals surface area contributed by atoms with Crippen LogP contribution in [-0.4, -0.2) is 4.57 Å². The molecule has 2 heterocycles. The van der Waals surface area contributed by atoms with Crippen molar-refractivity contribution in [1.29, 1.82) is 0 Å². The number of aromatic nitrogens is 1. The zero-order valence-corrected chi connectivity index (χ0v) is 14.9. The molecule has 0 aliphatic carbocycles. The van der Waals surface area contributed by atoms with Crippen LogP contribution in [0.5, 0.6) is 0 Å². The second kappa shape index (κ2) is 5.24. The van der Waals surface area contributed by atoms with Crippen LogP contribution in [0.15, 0.2) is 89.3 Å². The summed E-state index contributed by atoms with van der Waals surface area (Å²) in [6.45, 7) is 2.14. The number of fused-ring (bicyclic) bond motifs is 6. The molecule has 0 bridgehead atoms. The molecule has 6 aromatic rings. The molecule has 0 spiro atoms. The molecule has 6 rings (SSSR count). The molecule has 0 N–H and O–H groups in total. The third-order valence-corrected chi connectivity index (χ3v) is 5.45. The van der Waals surface area contributed by atoms with Gasteiger partial charge in [0.1, 0.15) is 5.58 Å². The summed E-state index contributed by atoms with van der Waals surface area (Å²) < 4.78 is 8.64. The van der Waals surface area contributed by atoms with Crippen molar-refractivity contribution in [3.05, 3.63) is 90.5 Å². The summed E-state index contributed by atoms with van der Waals surface area (Å²) in [4.78, 5) is 0. The number of hydrogen-bond donors (Lipinski definition) is 0. The van der Waals surface area contributed by atoms with Crippen molar-refractivity contribution >= 4 is 43.7 Å². The third-order valence-electron chi connectivity index (χ3n) is 5.45. The molecule has 0 aliphatic rings. The van der Waals surface area contributed by atoms with E-state index in [2.05, 4.69) is 84.3 Å². The maximum Gasteiger partial charge on any atom is 0.159 e. The molecule has 0 saturated heterocycles. The minimum absolute atomic E-state index is 0.927. The Morgan fingerprint density at radius 2 is 1.37 bits per heavy atom. The zero-order valence-electron chi connectivity index (χ0n) is 14.9. The van der Waals surface area contributed by atoms with Crippen LogP contribution in [0.3, 0.4) is 0 Å². The van der Waals surface area contributed by atoms with Crippen LogP contribution in [-0.2, 0) is 0 Å². The van der Waals surface area contributed by atoms with Crippen LogP contribution in [0.4, 0.5) is 0 Å². The Bertz CT molecular complexity index is 1480. The Morgan fingerprint density at radius 1 is 0.630 bits per heavy atom. The molecule has 27 heavy (non-hydrogen) atoms. The fraction of sp³-hybridized carbons (Fsp3) is 0.0400. The van der Waals surface area contributed by atoms with Gasteiger partial charge in [-0.15, -0.1) is 0 Å². The molecule has 2 aromatic heterocycles. The van der Waals surface area contributed by atoms with Gasteiger partial charge in [0.25, 0.3) is 0 Å². The first-order chi connectivity index (χ1) is 13.3. The van der Waals surface area contributed by atoms with Gasteiger partial charge in [-0.05, 0) is 37.3 Å². The molecule has 2 heteroatoms. The van der Waals surface area contributed by atoms with Crippen LogP contribution < -0.4 is 0 Å². The van der Waals surface area contributed by atoms with E-state index in [4.69, 9.17) is 4.42 Å². The average molecular weight is 347 g/mol. The number of para-hydroxylation sites is 3. The minimum Gasteiger partial charge on any atom is -0.454 e. The van der Waals surface area contributed by atoms with E-state index >= 15 is 0 Å². The maximum absolute atomic E-state index is 6.31. The van der Waals surface area contributed by atoms with E-state index in [0.717, 1.165) is 27.6 Å². The van der Waals surface area contributed by atoms with Gasteiger partial charge >= 0.3 is 0 Å². The van der Waals surface area contributed by atoms with Gasteiger partial charge in [-0.3, -0.25) is 0 Å². The summed E-state index contributed by atoms with van der Waals surface area (Å²) in [5.74, 6) is 0. The van der Waals surface area contributed by atoms with E-state index in [9.17, 15) is 0 Å². The first-order valence-corrected chi connectivity index (χ1v) is 9.22. The lowest BCUT2D eigenvalue weighted by atomic mass is 10.1. The summed E-state index contributed by atoms with van der Waals surface area (Å²) in [7, 11) is 0. The molecule has 0 atom stereocenters. The first kappa shape index (κ1) is 14.6. The number of nitrogens with zero attached hydrogens (tertiary/aromatic N) is 1. The van der Waals surface area contributed by atoms with E-state index < -0.39 is 0 Å². The van der Waals surface area contributed by atoms with Crippen molar-refractivity contribution in [1.82, 2.24) is 4.57 Å². The van der Waals surface area contributed by atoms with Crippen LogP contribution in [0.25, 0.3) is 49.4 Å². The topological polar surface area (TPSA) is 18.1 Å². The van der Waals surface area contributed by atoms with Gasteiger partial charge in [-0.2, -0.15) is 0 Å². The maximum atomic E-state index is 6.31. The standard InChI is InChI=1S/C25H17NO/c1-16-13-14-22-20(15-16)17-7-2-4-10-21(17)26(22)23-11-6-9-19-18-8-3-5-12-24(18)27-25(19)23/h2-15H,1H3.